The third-order valence-corrected chi connectivity index (χ3v) is 3.22. The van der Waals surface area contributed by atoms with Gasteiger partial charge < -0.3 is 20.5 Å². The molecule has 0 rings (SSSR count). The summed E-state index contributed by atoms with van der Waals surface area (Å²) in [6.07, 6.45) is 11.0. The summed E-state index contributed by atoms with van der Waals surface area (Å²) >= 11 is 0. The minimum absolute atomic E-state index is 0.0374. The summed E-state index contributed by atoms with van der Waals surface area (Å²) < 4.78 is 0. The maximum atomic E-state index is 11.2. The van der Waals surface area contributed by atoms with Crippen LogP contribution in [0.1, 0.15) is 71.1 Å². The fourth-order valence-corrected chi connectivity index (χ4v) is 2.12. The first-order valence-electron chi connectivity index (χ1n) is 7.54. The second-order valence-electron chi connectivity index (χ2n) is 5.16. The lowest BCUT2D eigenvalue weighted by Crippen LogP contribution is -3.08. The van der Waals surface area contributed by atoms with Gasteiger partial charge in [0.05, 0.1) is 6.54 Å². The molecule has 0 aromatic carbocycles. The molecule has 0 heterocycles. The van der Waals surface area contributed by atoms with E-state index in [0.29, 0.717) is 6.54 Å². The van der Waals surface area contributed by atoms with E-state index in [-0.39, 0.29) is 11.6 Å². The van der Waals surface area contributed by atoms with Crippen LogP contribution in [0.5, 0.6) is 0 Å². The number of hydroxylamine groups is 2. The van der Waals surface area contributed by atoms with Crippen molar-refractivity contribution >= 4 is 0 Å². The van der Waals surface area contributed by atoms with Gasteiger partial charge in [-0.3, -0.25) is 0 Å². The molecule has 0 spiro atoms. The Morgan fingerprint density at radius 1 is 0.833 bits per heavy atom. The monoisotopic (exact) mass is 261 g/mol. The maximum Gasteiger partial charge on any atom is 0.202 e. The molecule has 110 valence electrons. The van der Waals surface area contributed by atoms with E-state index in [2.05, 4.69) is 6.92 Å². The van der Waals surface area contributed by atoms with Gasteiger partial charge in [-0.1, -0.05) is 58.3 Å². The molecule has 0 aromatic heterocycles. The molecule has 18 heavy (non-hydrogen) atoms. The summed E-state index contributed by atoms with van der Waals surface area (Å²) in [4.78, 5) is 0. The van der Waals surface area contributed by atoms with E-state index in [1.54, 1.807) is 0 Å². The highest BCUT2D eigenvalue weighted by Gasteiger charge is 2.03. The van der Waals surface area contributed by atoms with E-state index < -0.39 is 6.29 Å². The highest BCUT2D eigenvalue weighted by Crippen LogP contribution is 2.09. The lowest BCUT2D eigenvalue weighted by atomic mass is 10.1. The molecule has 0 saturated heterocycles. The Balaban J connectivity index is 3.07. The Morgan fingerprint density at radius 2 is 1.28 bits per heavy atom. The number of hydrogen-bond donors (Lipinski definition) is 3. The minimum Gasteiger partial charge on any atom is -0.634 e. The van der Waals surface area contributed by atoms with Crippen molar-refractivity contribution in [1.29, 1.82) is 0 Å². The van der Waals surface area contributed by atoms with E-state index in [0.717, 1.165) is 12.8 Å². The molecule has 0 aromatic rings. The van der Waals surface area contributed by atoms with Crippen LogP contribution in [0.2, 0.25) is 0 Å². The van der Waals surface area contributed by atoms with Gasteiger partial charge >= 0.3 is 0 Å². The highest BCUT2D eigenvalue weighted by molar-refractivity contribution is 4.47. The molecule has 0 bridgehead atoms. The number of aliphatic hydroxyl groups is 2. The lowest BCUT2D eigenvalue weighted by molar-refractivity contribution is -0.855. The average Bonchev–Trinajstić information content (AvgIpc) is 2.30. The third kappa shape index (κ3) is 13.9. The first-order valence-corrected chi connectivity index (χ1v) is 7.54. The maximum absolute atomic E-state index is 11.2. The standard InChI is InChI=1S/C14H31NO3/c1-2-3-4-5-6-7-8-9-10-11-12-15(18)13-14(16)17/h14-17H,2-13H2,1H3. The van der Waals surface area contributed by atoms with Crippen LogP contribution in [0.15, 0.2) is 0 Å². The van der Waals surface area contributed by atoms with Crippen LogP contribution in [0.3, 0.4) is 0 Å². The van der Waals surface area contributed by atoms with Crippen LogP contribution in [0, 0.1) is 5.21 Å². The number of quaternary nitrogens is 1. The predicted octanol–water partition coefficient (Wildman–Crippen LogP) is 1.60. The van der Waals surface area contributed by atoms with Crippen LogP contribution >= 0.6 is 0 Å². The van der Waals surface area contributed by atoms with Crippen molar-refractivity contribution < 1.29 is 15.3 Å². The SMILES string of the molecule is CCCCCCCCCCCC[NH+]([O-])CC(O)O. The number of aliphatic hydroxyl groups excluding tert-OH is 1. The Kier molecular flexibility index (Phi) is 13.2. The van der Waals surface area contributed by atoms with Crippen molar-refractivity contribution in [3.8, 4) is 0 Å². The van der Waals surface area contributed by atoms with Gasteiger partial charge in [-0.25, -0.2) is 0 Å². The van der Waals surface area contributed by atoms with Crippen LogP contribution in [-0.2, 0) is 0 Å². The van der Waals surface area contributed by atoms with E-state index in [1.807, 2.05) is 0 Å². The van der Waals surface area contributed by atoms with Gasteiger partial charge in [0.1, 0.15) is 6.54 Å². The van der Waals surface area contributed by atoms with Gasteiger partial charge in [-0.2, -0.15) is 0 Å². The zero-order valence-corrected chi connectivity index (χ0v) is 11.9. The fraction of sp³-hybridized carbons (Fsp3) is 1.00. The minimum atomic E-state index is -1.47. The lowest BCUT2D eigenvalue weighted by Gasteiger charge is -2.22. The molecule has 4 heteroatoms. The summed E-state index contributed by atoms with van der Waals surface area (Å²) in [6.45, 7) is 2.61. The zero-order valence-electron chi connectivity index (χ0n) is 11.9. The first-order chi connectivity index (χ1) is 8.66. The van der Waals surface area contributed by atoms with Gasteiger partial charge in [0, 0.05) is 0 Å². The summed E-state index contributed by atoms with van der Waals surface area (Å²) in [5.41, 5.74) is 0. The normalized spacial score (nSPS) is 13.2. The smallest absolute Gasteiger partial charge is 0.202 e. The molecule has 0 aliphatic heterocycles. The molecule has 0 aliphatic rings. The molecule has 1 atom stereocenters. The molecule has 3 N–H and O–H groups in total. The fourth-order valence-electron chi connectivity index (χ4n) is 2.12. The Labute approximate surface area is 112 Å². The second kappa shape index (κ2) is 13.3. The number of unbranched alkanes of at least 4 members (excludes halogenated alkanes) is 9. The Bertz CT molecular complexity index is 165. The second-order valence-corrected chi connectivity index (χ2v) is 5.16. The largest absolute Gasteiger partial charge is 0.634 e. The van der Waals surface area contributed by atoms with Crippen molar-refractivity contribution in [3.63, 3.8) is 0 Å². The van der Waals surface area contributed by atoms with Crippen LogP contribution in [0.4, 0.5) is 0 Å². The molecule has 4 nitrogen and oxygen atoms in total. The third-order valence-electron chi connectivity index (χ3n) is 3.22. The van der Waals surface area contributed by atoms with Crippen molar-refractivity contribution in [3.05, 3.63) is 5.21 Å². The Morgan fingerprint density at radius 3 is 1.72 bits per heavy atom. The summed E-state index contributed by atoms with van der Waals surface area (Å²) in [5, 5.41) is 28.4. The van der Waals surface area contributed by atoms with Crippen molar-refractivity contribution in [2.75, 3.05) is 13.1 Å². The molecule has 0 amide bonds. The molecule has 0 saturated carbocycles. The van der Waals surface area contributed by atoms with Gasteiger partial charge in [-0.15, -0.1) is 0 Å². The van der Waals surface area contributed by atoms with Gasteiger partial charge in [0.2, 0.25) is 6.29 Å². The van der Waals surface area contributed by atoms with E-state index in [1.165, 1.54) is 51.4 Å². The number of nitrogens with one attached hydrogen (secondary N) is 1. The summed E-state index contributed by atoms with van der Waals surface area (Å²) in [5.74, 6) is 0. The molecular weight excluding hydrogens is 230 g/mol. The highest BCUT2D eigenvalue weighted by atomic mass is 16.5. The van der Waals surface area contributed by atoms with Gasteiger partial charge in [0.15, 0.2) is 0 Å². The molecule has 0 fully saturated rings. The van der Waals surface area contributed by atoms with Crippen LogP contribution in [-0.4, -0.2) is 29.6 Å². The van der Waals surface area contributed by atoms with Crippen molar-refractivity contribution in [2.45, 2.75) is 77.4 Å². The molecule has 0 aliphatic carbocycles. The Hall–Kier alpha value is -0.160. The zero-order chi connectivity index (χ0) is 13.6. The van der Waals surface area contributed by atoms with Crippen molar-refractivity contribution in [1.82, 2.24) is 0 Å². The molecular formula is C14H31NO3. The van der Waals surface area contributed by atoms with Crippen LogP contribution < -0.4 is 5.06 Å². The number of rotatable bonds is 13. The molecule has 0 radical (unpaired) electrons. The van der Waals surface area contributed by atoms with Crippen LogP contribution in [0.25, 0.3) is 0 Å². The van der Waals surface area contributed by atoms with Gasteiger partial charge in [-0.05, 0) is 12.8 Å². The van der Waals surface area contributed by atoms with Gasteiger partial charge in [0.25, 0.3) is 0 Å². The average molecular weight is 261 g/mol. The topological polar surface area (TPSA) is 68.0 Å². The predicted molar refractivity (Wildman–Crippen MR) is 74.1 cm³/mol. The first kappa shape index (κ1) is 17.8. The van der Waals surface area contributed by atoms with E-state index in [4.69, 9.17) is 10.2 Å². The van der Waals surface area contributed by atoms with Crippen molar-refractivity contribution in [2.24, 2.45) is 0 Å². The number of hydrogen-bond acceptors (Lipinski definition) is 3. The molecule has 1 unspecified atom stereocenters. The van der Waals surface area contributed by atoms with E-state index in [9.17, 15) is 5.21 Å². The summed E-state index contributed by atoms with van der Waals surface area (Å²) in [6, 6.07) is 0. The van der Waals surface area contributed by atoms with E-state index >= 15 is 0 Å². The quantitative estimate of drug-likeness (QED) is 0.268. The summed E-state index contributed by atoms with van der Waals surface area (Å²) in [7, 11) is 0.